The highest BCUT2D eigenvalue weighted by molar-refractivity contribution is 5.95. The fourth-order valence-corrected chi connectivity index (χ4v) is 2.94. The Morgan fingerprint density at radius 1 is 1.24 bits per heavy atom. The molecule has 1 aliphatic carbocycles. The Morgan fingerprint density at radius 3 is 2.44 bits per heavy atom. The third kappa shape index (κ3) is 3.79. The van der Waals surface area contributed by atoms with Crippen molar-refractivity contribution in [2.45, 2.75) is 25.8 Å². The van der Waals surface area contributed by atoms with Crippen molar-refractivity contribution in [1.82, 2.24) is 5.32 Å². The number of rotatable bonds is 6. The molecule has 1 amide bonds. The summed E-state index contributed by atoms with van der Waals surface area (Å²) in [5.41, 5.74) is 1.97. The van der Waals surface area contributed by atoms with Crippen LogP contribution >= 0.6 is 0 Å². The van der Waals surface area contributed by atoms with Gasteiger partial charge in [-0.3, -0.25) is 14.9 Å². The van der Waals surface area contributed by atoms with Crippen molar-refractivity contribution in [3.05, 3.63) is 69.3 Å². The summed E-state index contributed by atoms with van der Waals surface area (Å²) in [6.45, 7) is 1.64. The largest absolute Gasteiger partial charge is 0.497 e. The predicted octanol–water partition coefficient (Wildman–Crippen LogP) is 3.79. The molecule has 1 fully saturated rings. The van der Waals surface area contributed by atoms with Crippen LogP contribution < -0.4 is 10.1 Å². The predicted molar refractivity (Wildman–Crippen MR) is 93.8 cm³/mol. The van der Waals surface area contributed by atoms with Gasteiger partial charge in [0.25, 0.3) is 11.6 Å². The number of benzene rings is 2. The zero-order valence-electron chi connectivity index (χ0n) is 14.2. The molecule has 0 bridgehead atoms. The molecule has 1 atom stereocenters. The first kappa shape index (κ1) is 17.0. The molecule has 1 saturated carbocycles. The van der Waals surface area contributed by atoms with Crippen molar-refractivity contribution in [2.75, 3.05) is 7.11 Å². The van der Waals surface area contributed by atoms with E-state index >= 15 is 0 Å². The second-order valence-electron chi connectivity index (χ2n) is 6.32. The molecule has 0 aliphatic heterocycles. The van der Waals surface area contributed by atoms with E-state index in [0.29, 0.717) is 17.0 Å². The van der Waals surface area contributed by atoms with E-state index in [9.17, 15) is 14.9 Å². The smallest absolute Gasteiger partial charge is 0.272 e. The van der Waals surface area contributed by atoms with Crippen molar-refractivity contribution < 1.29 is 14.5 Å². The monoisotopic (exact) mass is 340 g/mol. The standard InChI is InChI=1S/C19H20N2O4/c1-12-11-15(7-10-17(12)21(23)24)19(22)20-18(13-3-4-13)14-5-8-16(25-2)9-6-14/h5-11,13,18H,3-4H2,1-2H3,(H,20,22)/t18-/m0/s1. The minimum absolute atomic E-state index is 0.0189. The Labute approximate surface area is 146 Å². The number of hydrogen-bond donors (Lipinski definition) is 1. The van der Waals surface area contributed by atoms with Crippen molar-refractivity contribution in [3.8, 4) is 5.75 Å². The molecule has 2 aromatic rings. The quantitative estimate of drug-likeness (QED) is 0.641. The number of carbonyl (C=O) groups excluding carboxylic acids is 1. The molecule has 0 heterocycles. The number of nitrogens with zero attached hydrogens (tertiary/aromatic N) is 1. The summed E-state index contributed by atoms with van der Waals surface area (Å²) in [4.78, 5) is 23.1. The lowest BCUT2D eigenvalue weighted by Gasteiger charge is -2.19. The van der Waals surface area contributed by atoms with Crippen LogP contribution in [0, 0.1) is 23.0 Å². The van der Waals surface area contributed by atoms with E-state index in [-0.39, 0.29) is 17.6 Å². The maximum Gasteiger partial charge on any atom is 0.272 e. The van der Waals surface area contributed by atoms with Crippen LogP contribution in [0.1, 0.15) is 40.4 Å². The molecule has 2 aromatic carbocycles. The fraction of sp³-hybridized carbons (Fsp3) is 0.316. The van der Waals surface area contributed by atoms with Crippen molar-refractivity contribution in [3.63, 3.8) is 0 Å². The second kappa shape index (κ2) is 6.93. The topological polar surface area (TPSA) is 81.5 Å². The van der Waals surface area contributed by atoms with Crippen LogP contribution in [0.25, 0.3) is 0 Å². The minimum atomic E-state index is -0.443. The van der Waals surface area contributed by atoms with Crippen LogP contribution in [0.4, 0.5) is 5.69 Å². The number of hydrogen-bond acceptors (Lipinski definition) is 4. The minimum Gasteiger partial charge on any atom is -0.497 e. The molecular weight excluding hydrogens is 320 g/mol. The van der Waals surface area contributed by atoms with Crippen molar-refractivity contribution in [2.24, 2.45) is 5.92 Å². The number of nitro benzene ring substituents is 1. The summed E-state index contributed by atoms with van der Waals surface area (Å²) in [6, 6.07) is 12.1. The highest BCUT2D eigenvalue weighted by Gasteiger charge is 2.33. The van der Waals surface area contributed by atoms with E-state index < -0.39 is 4.92 Å². The van der Waals surface area contributed by atoms with Gasteiger partial charge in [0.1, 0.15) is 5.75 Å². The number of nitro groups is 1. The van der Waals surface area contributed by atoms with Crippen LogP contribution in [0.3, 0.4) is 0 Å². The van der Waals surface area contributed by atoms with Gasteiger partial charge in [-0.2, -0.15) is 0 Å². The number of amides is 1. The SMILES string of the molecule is COc1ccc([C@@H](NC(=O)c2ccc([N+](=O)[O-])c(C)c2)C2CC2)cc1. The highest BCUT2D eigenvalue weighted by Crippen LogP contribution is 2.41. The van der Waals surface area contributed by atoms with Gasteiger partial charge < -0.3 is 10.1 Å². The van der Waals surface area contributed by atoms with Gasteiger partial charge in [-0.1, -0.05) is 12.1 Å². The number of carbonyl (C=O) groups is 1. The summed E-state index contributed by atoms with van der Waals surface area (Å²) in [5.74, 6) is 0.984. The van der Waals surface area contributed by atoms with Gasteiger partial charge in [0.05, 0.1) is 18.1 Å². The normalized spacial score (nSPS) is 14.6. The van der Waals surface area contributed by atoms with E-state index in [0.717, 1.165) is 24.2 Å². The lowest BCUT2D eigenvalue weighted by atomic mass is 10.0. The van der Waals surface area contributed by atoms with Gasteiger partial charge in [0.2, 0.25) is 0 Å². The molecule has 1 N–H and O–H groups in total. The van der Waals surface area contributed by atoms with Gasteiger partial charge in [-0.15, -0.1) is 0 Å². The average molecular weight is 340 g/mol. The maximum absolute atomic E-state index is 12.6. The number of nitrogens with one attached hydrogen (secondary N) is 1. The number of methoxy groups -OCH3 is 1. The molecule has 3 rings (SSSR count). The molecule has 0 radical (unpaired) electrons. The van der Waals surface area contributed by atoms with Crippen molar-refractivity contribution >= 4 is 11.6 Å². The molecule has 130 valence electrons. The molecular formula is C19H20N2O4. The molecule has 0 saturated heterocycles. The molecule has 0 unspecified atom stereocenters. The zero-order chi connectivity index (χ0) is 18.0. The molecule has 6 nitrogen and oxygen atoms in total. The van der Waals surface area contributed by atoms with E-state index in [1.54, 1.807) is 20.1 Å². The third-order valence-corrected chi connectivity index (χ3v) is 4.51. The maximum atomic E-state index is 12.6. The zero-order valence-corrected chi connectivity index (χ0v) is 14.2. The van der Waals surface area contributed by atoms with Crippen molar-refractivity contribution in [1.29, 1.82) is 0 Å². The van der Waals surface area contributed by atoms with Crippen LogP contribution in [-0.2, 0) is 0 Å². The van der Waals surface area contributed by atoms with E-state index in [1.807, 2.05) is 24.3 Å². The summed E-state index contributed by atoms with van der Waals surface area (Å²) in [5, 5.41) is 14.0. The van der Waals surface area contributed by atoms with E-state index in [2.05, 4.69) is 5.32 Å². The molecule has 0 aromatic heterocycles. The molecule has 6 heteroatoms. The Morgan fingerprint density at radius 2 is 1.92 bits per heavy atom. The van der Waals surface area contributed by atoms with Gasteiger partial charge in [-0.25, -0.2) is 0 Å². The van der Waals surface area contributed by atoms with Crippen LogP contribution in [0.15, 0.2) is 42.5 Å². The van der Waals surface area contributed by atoms with E-state index in [4.69, 9.17) is 4.74 Å². The first-order chi connectivity index (χ1) is 12.0. The van der Waals surface area contributed by atoms with Crippen LogP contribution in [0.5, 0.6) is 5.75 Å². The Balaban J connectivity index is 1.79. The van der Waals surface area contributed by atoms with Gasteiger partial charge in [0, 0.05) is 17.2 Å². The Bertz CT molecular complexity index is 798. The fourth-order valence-electron chi connectivity index (χ4n) is 2.94. The Kier molecular flexibility index (Phi) is 4.70. The third-order valence-electron chi connectivity index (χ3n) is 4.51. The summed E-state index contributed by atoms with van der Waals surface area (Å²) in [6.07, 6.45) is 2.16. The van der Waals surface area contributed by atoms with Crippen LogP contribution in [0.2, 0.25) is 0 Å². The Hall–Kier alpha value is -2.89. The van der Waals surface area contributed by atoms with E-state index in [1.165, 1.54) is 12.1 Å². The first-order valence-electron chi connectivity index (χ1n) is 8.19. The summed E-state index contributed by atoms with van der Waals surface area (Å²) < 4.78 is 5.18. The molecule has 1 aliphatic rings. The van der Waals surface area contributed by atoms with Crippen LogP contribution in [-0.4, -0.2) is 17.9 Å². The molecule has 25 heavy (non-hydrogen) atoms. The number of aryl methyl sites for hydroxylation is 1. The lowest BCUT2D eigenvalue weighted by Crippen LogP contribution is -2.30. The second-order valence-corrected chi connectivity index (χ2v) is 6.32. The summed E-state index contributed by atoms with van der Waals surface area (Å²) >= 11 is 0. The highest BCUT2D eigenvalue weighted by atomic mass is 16.6. The van der Waals surface area contributed by atoms with Gasteiger partial charge in [0.15, 0.2) is 0 Å². The molecule has 0 spiro atoms. The summed E-state index contributed by atoms with van der Waals surface area (Å²) in [7, 11) is 1.62. The number of ether oxygens (including phenoxy) is 1. The first-order valence-corrected chi connectivity index (χ1v) is 8.19. The lowest BCUT2D eigenvalue weighted by molar-refractivity contribution is -0.385. The average Bonchev–Trinajstić information content (AvgIpc) is 3.44. The van der Waals surface area contributed by atoms with Gasteiger partial charge >= 0.3 is 0 Å². The van der Waals surface area contributed by atoms with Gasteiger partial charge in [-0.05, 0) is 55.5 Å².